The Morgan fingerprint density at radius 1 is 0.718 bits per heavy atom. The van der Waals surface area contributed by atoms with Crippen molar-refractivity contribution >= 4 is 10.1 Å². The van der Waals surface area contributed by atoms with E-state index in [1.165, 1.54) is 0 Å². The van der Waals surface area contributed by atoms with Crippen LogP contribution < -0.4 is 0 Å². The lowest BCUT2D eigenvalue weighted by Crippen LogP contribution is -2.58. The number of benzene rings is 3. The van der Waals surface area contributed by atoms with E-state index in [4.69, 9.17) is 18.9 Å². The van der Waals surface area contributed by atoms with Gasteiger partial charge in [0, 0.05) is 0 Å². The monoisotopic (exact) mass is 566 g/mol. The van der Waals surface area contributed by atoms with Crippen LogP contribution in [-0.4, -0.2) is 51.6 Å². The van der Waals surface area contributed by atoms with Gasteiger partial charge in [0.2, 0.25) is 0 Å². The standard InChI is InChI=1S/C28H29F3O7S/c29-28(30,31)39(32,33)38-25-20-35-24(19-34-16-21-10-4-1-5-11-21)26(36-17-22-12-6-2-7-13-22)27(25)37-18-23-14-8-3-9-15-23/h1-15,24-27H,16-20H2. The zero-order valence-electron chi connectivity index (χ0n) is 20.9. The molecule has 4 rings (SSSR count). The molecule has 0 saturated carbocycles. The van der Waals surface area contributed by atoms with Crippen molar-refractivity contribution in [1.29, 1.82) is 0 Å². The van der Waals surface area contributed by atoms with Gasteiger partial charge in [0.15, 0.2) is 0 Å². The molecule has 1 aliphatic heterocycles. The fraction of sp³-hybridized carbons (Fsp3) is 0.357. The molecular formula is C28H29F3O7S. The van der Waals surface area contributed by atoms with E-state index in [2.05, 4.69) is 4.18 Å². The lowest BCUT2D eigenvalue weighted by atomic mass is 9.99. The van der Waals surface area contributed by atoms with Crippen LogP contribution in [0.2, 0.25) is 0 Å². The molecule has 3 aromatic carbocycles. The van der Waals surface area contributed by atoms with Gasteiger partial charge < -0.3 is 18.9 Å². The quantitative estimate of drug-likeness (QED) is 0.225. The van der Waals surface area contributed by atoms with Crippen LogP contribution in [0.3, 0.4) is 0 Å². The first-order chi connectivity index (χ1) is 18.7. The second kappa shape index (κ2) is 13.5. The number of hydrogen-bond acceptors (Lipinski definition) is 7. The Labute approximate surface area is 225 Å². The third-order valence-electron chi connectivity index (χ3n) is 6.03. The Bertz CT molecular complexity index is 1240. The van der Waals surface area contributed by atoms with Crippen LogP contribution >= 0.6 is 0 Å². The van der Waals surface area contributed by atoms with E-state index < -0.39 is 46.6 Å². The minimum Gasteiger partial charge on any atom is -0.374 e. The summed E-state index contributed by atoms with van der Waals surface area (Å²) in [7, 11) is -5.92. The lowest BCUT2D eigenvalue weighted by molar-refractivity contribution is -0.230. The normalized spacial score (nSPS) is 22.0. The average Bonchev–Trinajstić information content (AvgIpc) is 2.93. The maximum atomic E-state index is 13.2. The highest BCUT2D eigenvalue weighted by molar-refractivity contribution is 7.87. The molecule has 210 valence electrons. The predicted molar refractivity (Wildman–Crippen MR) is 136 cm³/mol. The van der Waals surface area contributed by atoms with Gasteiger partial charge >= 0.3 is 15.6 Å². The Balaban J connectivity index is 1.56. The molecule has 0 amide bonds. The van der Waals surface area contributed by atoms with Crippen molar-refractivity contribution in [3.8, 4) is 0 Å². The van der Waals surface area contributed by atoms with Gasteiger partial charge in [-0.2, -0.15) is 21.6 Å². The van der Waals surface area contributed by atoms with Crippen LogP contribution in [0.25, 0.3) is 0 Å². The van der Waals surface area contributed by atoms with E-state index in [1.807, 2.05) is 66.7 Å². The molecule has 0 aliphatic carbocycles. The summed E-state index contributed by atoms with van der Waals surface area (Å²) in [5.74, 6) is 0. The largest absolute Gasteiger partial charge is 0.523 e. The molecule has 4 atom stereocenters. The molecule has 1 saturated heterocycles. The van der Waals surface area contributed by atoms with Gasteiger partial charge in [-0.3, -0.25) is 4.18 Å². The second-order valence-corrected chi connectivity index (χ2v) is 10.5. The van der Waals surface area contributed by atoms with Crippen LogP contribution in [0.15, 0.2) is 91.0 Å². The van der Waals surface area contributed by atoms with E-state index in [-0.39, 0.29) is 26.4 Å². The van der Waals surface area contributed by atoms with E-state index in [9.17, 15) is 21.6 Å². The van der Waals surface area contributed by atoms with Crippen molar-refractivity contribution < 1.29 is 44.7 Å². The van der Waals surface area contributed by atoms with E-state index >= 15 is 0 Å². The van der Waals surface area contributed by atoms with Gasteiger partial charge in [-0.25, -0.2) is 0 Å². The third kappa shape index (κ3) is 8.34. The van der Waals surface area contributed by atoms with Crippen molar-refractivity contribution in [3.05, 3.63) is 108 Å². The number of hydrogen-bond donors (Lipinski definition) is 0. The predicted octanol–water partition coefficient (Wildman–Crippen LogP) is 5.01. The Hall–Kier alpha value is -2.80. The highest BCUT2D eigenvalue weighted by Crippen LogP contribution is 2.31. The van der Waals surface area contributed by atoms with E-state index in [0.29, 0.717) is 0 Å². The van der Waals surface area contributed by atoms with Crippen molar-refractivity contribution in [1.82, 2.24) is 0 Å². The Morgan fingerprint density at radius 3 is 1.67 bits per heavy atom. The fourth-order valence-corrected chi connectivity index (χ4v) is 4.68. The average molecular weight is 567 g/mol. The smallest absolute Gasteiger partial charge is 0.374 e. The lowest BCUT2D eigenvalue weighted by Gasteiger charge is -2.41. The van der Waals surface area contributed by atoms with E-state index in [1.54, 1.807) is 24.3 Å². The van der Waals surface area contributed by atoms with Crippen molar-refractivity contribution in [2.75, 3.05) is 13.2 Å². The van der Waals surface area contributed by atoms with Crippen LogP contribution in [0.4, 0.5) is 13.2 Å². The number of halogens is 3. The molecule has 39 heavy (non-hydrogen) atoms. The zero-order valence-corrected chi connectivity index (χ0v) is 21.7. The maximum absolute atomic E-state index is 13.2. The highest BCUT2D eigenvalue weighted by atomic mass is 32.2. The van der Waals surface area contributed by atoms with Crippen LogP contribution in [0, 0.1) is 0 Å². The molecule has 0 bridgehead atoms. The minimum absolute atomic E-state index is 0.0137. The van der Waals surface area contributed by atoms with Crippen molar-refractivity contribution in [2.45, 2.75) is 49.7 Å². The molecule has 11 heteroatoms. The first-order valence-corrected chi connectivity index (χ1v) is 13.7. The molecule has 0 spiro atoms. The minimum atomic E-state index is -5.92. The second-order valence-electron chi connectivity index (χ2n) is 8.93. The van der Waals surface area contributed by atoms with Crippen LogP contribution in [0.1, 0.15) is 16.7 Å². The van der Waals surface area contributed by atoms with Crippen molar-refractivity contribution in [2.24, 2.45) is 0 Å². The summed E-state index contributed by atoms with van der Waals surface area (Å²) in [6, 6.07) is 27.5. The molecule has 1 fully saturated rings. The van der Waals surface area contributed by atoms with Gasteiger partial charge in [-0.15, -0.1) is 0 Å². The Kier molecular flexibility index (Phi) is 10.1. The molecular weight excluding hydrogens is 537 g/mol. The summed E-state index contributed by atoms with van der Waals surface area (Å²) in [6.45, 7) is -0.115. The first kappa shape index (κ1) is 29.2. The Morgan fingerprint density at radius 2 is 1.18 bits per heavy atom. The molecule has 4 unspecified atom stereocenters. The SMILES string of the molecule is O=S(=O)(OC1COC(COCc2ccccc2)C(OCc2ccccc2)C1OCc1ccccc1)C(F)(F)F. The molecule has 1 aliphatic rings. The van der Waals surface area contributed by atoms with Gasteiger partial charge in [0.25, 0.3) is 0 Å². The zero-order chi connectivity index (χ0) is 27.7. The van der Waals surface area contributed by atoms with Crippen LogP contribution in [-0.2, 0) is 53.1 Å². The van der Waals surface area contributed by atoms with Crippen LogP contribution in [0.5, 0.6) is 0 Å². The summed E-state index contributed by atoms with van der Waals surface area (Å²) >= 11 is 0. The number of rotatable bonds is 12. The summed E-state index contributed by atoms with van der Waals surface area (Å²) in [5, 5.41) is 0. The molecule has 3 aromatic rings. The molecule has 0 N–H and O–H groups in total. The summed E-state index contributed by atoms with van der Waals surface area (Å²) < 4.78 is 91.8. The van der Waals surface area contributed by atoms with E-state index in [0.717, 1.165) is 16.7 Å². The van der Waals surface area contributed by atoms with Crippen molar-refractivity contribution in [3.63, 3.8) is 0 Å². The number of ether oxygens (including phenoxy) is 4. The fourth-order valence-electron chi connectivity index (χ4n) is 4.08. The number of alkyl halides is 3. The van der Waals surface area contributed by atoms with Gasteiger partial charge in [0.05, 0.1) is 33.0 Å². The highest BCUT2D eigenvalue weighted by Gasteiger charge is 2.52. The maximum Gasteiger partial charge on any atom is 0.523 e. The topological polar surface area (TPSA) is 80.3 Å². The molecule has 0 radical (unpaired) electrons. The molecule has 0 aromatic heterocycles. The summed E-state index contributed by atoms with van der Waals surface area (Å²) in [6.07, 6.45) is -4.60. The van der Waals surface area contributed by atoms with Gasteiger partial charge in [-0.1, -0.05) is 91.0 Å². The third-order valence-corrected chi connectivity index (χ3v) is 7.10. The molecule has 7 nitrogen and oxygen atoms in total. The van der Waals surface area contributed by atoms with Gasteiger partial charge in [-0.05, 0) is 16.7 Å². The molecule has 1 heterocycles. The first-order valence-electron chi connectivity index (χ1n) is 12.3. The summed E-state index contributed by atoms with van der Waals surface area (Å²) in [5.41, 5.74) is -3.15. The summed E-state index contributed by atoms with van der Waals surface area (Å²) in [4.78, 5) is 0. The van der Waals surface area contributed by atoms with Gasteiger partial charge in [0.1, 0.15) is 24.4 Å².